The third-order valence-corrected chi connectivity index (χ3v) is 4.09. The molecule has 2 heterocycles. The first-order valence-corrected chi connectivity index (χ1v) is 8.38. The van der Waals surface area contributed by atoms with Gasteiger partial charge >= 0.3 is 6.03 Å². The van der Waals surface area contributed by atoms with Gasteiger partial charge in [-0.15, -0.1) is 0 Å². The van der Waals surface area contributed by atoms with Gasteiger partial charge in [0.05, 0.1) is 5.92 Å². The zero-order valence-corrected chi connectivity index (χ0v) is 14.7. The molecule has 3 amide bonds. The SMILES string of the molecule is Cc1ccnc(NCCNC(=O)C2CCCN(C(=O)N(C)C)C2)c1. The Morgan fingerprint density at radius 2 is 2.17 bits per heavy atom. The van der Waals surface area contributed by atoms with E-state index in [0.29, 0.717) is 19.6 Å². The minimum absolute atomic E-state index is 0.0188. The number of aryl methyl sites for hydroxylation is 1. The molecule has 0 aromatic carbocycles. The molecule has 0 radical (unpaired) electrons. The number of carbonyl (C=O) groups excluding carboxylic acids is 2. The average molecular weight is 333 g/mol. The van der Waals surface area contributed by atoms with Crippen molar-refractivity contribution in [3.05, 3.63) is 23.9 Å². The van der Waals surface area contributed by atoms with Crippen LogP contribution in [0.25, 0.3) is 0 Å². The summed E-state index contributed by atoms with van der Waals surface area (Å²) in [6, 6.07) is 3.88. The lowest BCUT2D eigenvalue weighted by atomic mass is 9.97. The molecule has 1 aromatic heterocycles. The Kier molecular flexibility index (Phi) is 6.40. The third kappa shape index (κ3) is 5.11. The number of amides is 3. The molecule has 1 saturated heterocycles. The molecule has 1 fully saturated rings. The number of rotatable bonds is 5. The number of likely N-dealkylation sites (tertiary alicyclic amines) is 1. The summed E-state index contributed by atoms with van der Waals surface area (Å²) in [5.74, 6) is 0.703. The van der Waals surface area contributed by atoms with Crippen molar-refractivity contribution in [1.29, 1.82) is 0 Å². The number of carbonyl (C=O) groups is 2. The molecule has 0 aliphatic carbocycles. The van der Waals surface area contributed by atoms with Crippen LogP contribution in [0.15, 0.2) is 18.3 Å². The van der Waals surface area contributed by atoms with E-state index >= 15 is 0 Å². The molecule has 24 heavy (non-hydrogen) atoms. The van der Waals surface area contributed by atoms with Crippen LogP contribution in [0.2, 0.25) is 0 Å². The molecule has 1 atom stereocenters. The van der Waals surface area contributed by atoms with Gasteiger partial charge in [0, 0.05) is 46.5 Å². The number of hydrogen-bond acceptors (Lipinski definition) is 4. The molecular weight excluding hydrogens is 306 g/mol. The topological polar surface area (TPSA) is 77.6 Å². The lowest BCUT2D eigenvalue weighted by Crippen LogP contribution is -2.48. The average Bonchev–Trinajstić information content (AvgIpc) is 2.58. The Labute approximate surface area is 143 Å². The Hall–Kier alpha value is -2.31. The smallest absolute Gasteiger partial charge is 0.319 e. The molecule has 0 spiro atoms. The van der Waals surface area contributed by atoms with Gasteiger partial charge < -0.3 is 20.4 Å². The molecule has 2 N–H and O–H groups in total. The fourth-order valence-corrected chi connectivity index (χ4v) is 2.80. The summed E-state index contributed by atoms with van der Waals surface area (Å²) in [7, 11) is 3.47. The lowest BCUT2D eigenvalue weighted by molar-refractivity contribution is -0.126. The number of piperidine rings is 1. The van der Waals surface area contributed by atoms with Crippen LogP contribution in [0.5, 0.6) is 0 Å². The van der Waals surface area contributed by atoms with Crippen molar-refractivity contribution in [3.8, 4) is 0 Å². The molecule has 7 nitrogen and oxygen atoms in total. The summed E-state index contributed by atoms with van der Waals surface area (Å²) in [6.45, 7) is 4.39. The first-order chi connectivity index (χ1) is 11.5. The number of pyridine rings is 1. The first-order valence-electron chi connectivity index (χ1n) is 8.38. The van der Waals surface area contributed by atoms with Gasteiger partial charge in [-0.3, -0.25) is 4.79 Å². The molecule has 0 saturated carbocycles. The number of urea groups is 1. The van der Waals surface area contributed by atoms with Gasteiger partial charge in [-0.05, 0) is 37.5 Å². The zero-order chi connectivity index (χ0) is 17.5. The Morgan fingerprint density at radius 3 is 2.88 bits per heavy atom. The van der Waals surface area contributed by atoms with Gasteiger partial charge in [-0.2, -0.15) is 0 Å². The van der Waals surface area contributed by atoms with Crippen LogP contribution in [0.1, 0.15) is 18.4 Å². The predicted octanol–water partition coefficient (Wildman–Crippen LogP) is 1.31. The minimum atomic E-state index is -0.125. The number of nitrogens with zero attached hydrogens (tertiary/aromatic N) is 3. The van der Waals surface area contributed by atoms with E-state index < -0.39 is 0 Å². The summed E-state index contributed by atoms with van der Waals surface area (Å²) in [5, 5.41) is 6.13. The first kappa shape index (κ1) is 18.0. The molecular formula is C17H27N5O2. The van der Waals surface area contributed by atoms with Crippen LogP contribution in [0, 0.1) is 12.8 Å². The van der Waals surface area contributed by atoms with Gasteiger partial charge in [-0.25, -0.2) is 9.78 Å². The molecule has 0 bridgehead atoms. The summed E-state index contributed by atoms with van der Waals surface area (Å²) in [5.41, 5.74) is 1.14. The van der Waals surface area contributed by atoms with Crippen LogP contribution >= 0.6 is 0 Å². The fourth-order valence-electron chi connectivity index (χ4n) is 2.80. The number of hydrogen-bond donors (Lipinski definition) is 2. The number of nitrogens with one attached hydrogen (secondary N) is 2. The zero-order valence-electron chi connectivity index (χ0n) is 14.7. The van der Waals surface area contributed by atoms with Gasteiger partial charge in [0.1, 0.15) is 5.82 Å². The quantitative estimate of drug-likeness (QED) is 0.797. The summed E-state index contributed by atoms with van der Waals surface area (Å²) in [4.78, 5) is 31.8. The summed E-state index contributed by atoms with van der Waals surface area (Å²) < 4.78 is 0. The van der Waals surface area contributed by atoms with Crippen LogP contribution in [-0.4, -0.2) is 67.0 Å². The second-order valence-corrected chi connectivity index (χ2v) is 6.40. The van der Waals surface area contributed by atoms with E-state index in [1.54, 1.807) is 30.1 Å². The van der Waals surface area contributed by atoms with E-state index in [1.165, 1.54) is 0 Å². The second-order valence-electron chi connectivity index (χ2n) is 6.40. The summed E-state index contributed by atoms with van der Waals surface area (Å²) >= 11 is 0. The maximum Gasteiger partial charge on any atom is 0.319 e. The highest BCUT2D eigenvalue weighted by Crippen LogP contribution is 2.17. The second kappa shape index (κ2) is 8.52. The number of anilines is 1. The molecule has 1 aliphatic rings. The van der Waals surface area contributed by atoms with Crippen molar-refractivity contribution in [2.75, 3.05) is 45.6 Å². The van der Waals surface area contributed by atoms with Crippen LogP contribution < -0.4 is 10.6 Å². The van der Waals surface area contributed by atoms with Crippen molar-refractivity contribution >= 4 is 17.8 Å². The Bertz CT molecular complexity index is 576. The molecule has 132 valence electrons. The van der Waals surface area contributed by atoms with E-state index in [-0.39, 0.29) is 17.9 Å². The van der Waals surface area contributed by atoms with E-state index in [4.69, 9.17) is 0 Å². The van der Waals surface area contributed by atoms with Crippen LogP contribution in [0.4, 0.5) is 10.6 Å². The van der Waals surface area contributed by atoms with Gasteiger partial charge in [-0.1, -0.05) is 0 Å². The van der Waals surface area contributed by atoms with Gasteiger partial charge in [0.2, 0.25) is 5.91 Å². The van der Waals surface area contributed by atoms with E-state index in [1.807, 2.05) is 19.1 Å². The van der Waals surface area contributed by atoms with E-state index in [9.17, 15) is 9.59 Å². The van der Waals surface area contributed by atoms with E-state index in [2.05, 4.69) is 15.6 Å². The number of aromatic nitrogens is 1. The van der Waals surface area contributed by atoms with Crippen molar-refractivity contribution in [3.63, 3.8) is 0 Å². The third-order valence-electron chi connectivity index (χ3n) is 4.09. The predicted molar refractivity (Wildman–Crippen MR) is 93.9 cm³/mol. The Balaban J connectivity index is 1.73. The monoisotopic (exact) mass is 333 g/mol. The van der Waals surface area contributed by atoms with Crippen molar-refractivity contribution in [2.24, 2.45) is 5.92 Å². The van der Waals surface area contributed by atoms with Crippen molar-refractivity contribution in [1.82, 2.24) is 20.1 Å². The summed E-state index contributed by atoms with van der Waals surface area (Å²) in [6.07, 6.45) is 3.45. The van der Waals surface area contributed by atoms with Crippen LogP contribution in [-0.2, 0) is 4.79 Å². The fraction of sp³-hybridized carbons (Fsp3) is 0.588. The molecule has 1 aromatic rings. The maximum absolute atomic E-state index is 12.3. The van der Waals surface area contributed by atoms with E-state index in [0.717, 1.165) is 30.8 Å². The highest BCUT2D eigenvalue weighted by atomic mass is 16.2. The molecule has 7 heteroatoms. The van der Waals surface area contributed by atoms with Gasteiger partial charge in [0.15, 0.2) is 0 Å². The lowest BCUT2D eigenvalue weighted by Gasteiger charge is -2.33. The minimum Gasteiger partial charge on any atom is -0.368 e. The molecule has 1 unspecified atom stereocenters. The normalized spacial score (nSPS) is 17.3. The molecule has 2 rings (SSSR count). The largest absolute Gasteiger partial charge is 0.368 e. The highest BCUT2D eigenvalue weighted by molar-refractivity contribution is 5.80. The van der Waals surface area contributed by atoms with Crippen molar-refractivity contribution in [2.45, 2.75) is 19.8 Å². The highest BCUT2D eigenvalue weighted by Gasteiger charge is 2.28. The van der Waals surface area contributed by atoms with Crippen LogP contribution in [0.3, 0.4) is 0 Å². The standard InChI is InChI=1S/C17H27N5O2/c1-13-6-7-18-15(11-13)19-8-9-20-16(23)14-5-4-10-22(12-14)17(24)21(2)3/h6-7,11,14H,4-5,8-10,12H2,1-3H3,(H,18,19)(H,20,23). The molecule has 1 aliphatic heterocycles. The maximum atomic E-state index is 12.3. The van der Waals surface area contributed by atoms with Crippen molar-refractivity contribution < 1.29 is 9.59 Å². The Morgan fingerprint density at radius 1 is 1.38 bits per heavy atom. The van der Waals surface area contributed by atoms with Gasteiger partial charge in [0.25, 0.3) is 0 Å².